The maximum Gasteiger partial charge on any atom is 0.119 e. The Morgan fingerprint density at radius 1 is 1.17 bits per heavy atom. The summed E-state index contributed by atoms with van der Waals surface area (Å²) >= 11 is 0. The SMILES string of the molecule is Cn1cccc1C(CCN)COc1ccccc1. The zero-order valence-electron chi connectivity index (χ0n) is 10.8. The molecule has 1 atom stereocenters. The fourth-order valence-electron chi connectivity index (χ4n) is 2.13. The summed E-state index contributed by atoms with van der Waals surface area (Å²) < 4.78 is 7.96. The Morgan fingerprint density at radius 3 is 2.56 bits per heavy atom. The number of benzene rings is 1. The average molecular weight is 244 g/mol. The van der Waals surface area contributed by atoms with Gasteiger partial charge >= 0.3 is 0 Å². The van der Waals surface area contributed by atoms with Gasteiger partial charge in [0.25, 0.3) is 0 Å². The van der Waals surface area contributed by atoms with E-state index in [1.165, 1.54) is 5.69 Å². The minimum Gasteiger partial charge on any atom is -0.493 e. The van der Waals surface area contributed by atoms with Crippen LogP contribution in [0.15, 0.2) is 48.7 Å². The van der Waals surface area contributed by atoms with Crippen molar-refractivity contribution in [2.24, 2.45) is 12.8 Å². The molecule has 0 saturated carbocycles. The summed E-state index contributed by atoms with van der Waals surface area (Å²) in [5, 5.41) is 0. The van der Waals surface area contributed by atoms with Gasteiger partial charge in [-0.1, -0.05) is 18.2 Å². The van der Waals surface area contributed by atoms with Crippen molar-refractivity contribution in [2.45, 2.75) is 12.3 Å². The fraction of sp³-hybridized carbons (Fsp3) is 0.333. The minimum absolute atomic E-state index is 0.343. The molecule has 2 aromatic rings. The van der Waals surface area contributed by atoms with E-state index < -0.39 is 0 Å². The van der Waals surface area contributed by atoms with Crippen LogP contribution in [0.2, 0.25) is 0 Å². The Bertz CT molecular complexity index is 464. The zero-order chi connectivity index (χ0) is 12.8. The Balaban J connectivity index is 2.01. The third-order valence-corrected chi connectivity index (χ3v) is 3.11. The van der Waals surface area contributed by atoms with Gasteiger partial charge in [0.2, 0.25) is 0 Å². The lowest BCUT2D eigenvalue weighted by Crippen LogP contribution is -2.17. The molecule has 1 aromatic carbocycles. The molecule has 18 heavy (non-hydrogen) atoms. The Labute approximate surface area is 108 Å². The van der Waals surface area contributed by atoms with Crippen LogP contribution in [0.4, 0.5) is 0 Å². The molecule has 0 aliphatic carbocycles. The van der Waals surface area contributed by atoms with Gasteiger partial charge in [-0.15, -0.1) is 0 Å². The van der Waals surface area contributed by atoms with Crippen LogP contribution in [-0.4, -0.2) is 17.7 Å². The van der Waals surface area contributed by atoms with E-state index in [0.717, 1.165) is 12.2 Å². The first-order valence-corrected chi connectivity index (χ1v) is 6.30. The van der Waals surface area contributed by atoms with Gasteiger partial charge in [-0.2, -0.15) is 0 Å². The maximum absolute atomic E-state index is 5.83. The molecule has 0 bridgehead atoms. The largest absolute Gasteiger partial charge is 0.493 e. The summed E-state index contributed by atoms with van der Waals surface area (Å²) in [6.45, 7) is 1.34. The van der Waals surface area contributed by atoms with Crippen LogP contribution in [0.3, 0.4) is 0 Å². The van der Waals surface area contributed by atoms with Gasteiger partial charge in [-0.3, -0.25) is 0 Å². The van der Waals surface area contributed by atoms with Gasteiger partial charge in [0.15, 0.2) is 0 Å². The quantitative estimate of drug-likeness (QED) is 0.848. The van der Waals surface area contributed by atoms with Crippen molar-refractivity contribution in [3.8, 4) is 5.75 Å². The lowest BCUT2D eigenvalue weighted by atomic mass is 10.0. The monoisotopic (exact) mass is 244 g/mol. The molecule has 1 unspecified atom stereocenters. The number of ether oxygens (including phenoxy) is 1. The Kier molecular flexibility index (Phi) is 4.42. The van der Waals surface area contributed by atoms with E-state index in [9.17, 15) is 0 Å². The molecule has 3 heteroatoms. The number of nitrogens with zero attached hydrogens (tertiary/aromatic N) is 1. The lowest BCUT2D eigenvalue weighted by molar-refractivity contribution is 0.278. The van der Waals surface area contributed by atoms with Gasteiger partial charge in [-0.05, 0) is 37.2 Å². The van der Waals surface area contributed by atoms with Crippen LogP contribution in [0.1, 0.15) is 18.0 Å². The van der Waals surface area contributed by atoms with E-state index in [1.807, 2.05) is 30.3 Å². The third-order valence-electron chi connectivity index (χ3n) is 3.11. The molecular formula is C15H20N2O. The summed E-state index contributed by atoms with van der Waals surface area (Å²) in [7, 11) is 2.06. The van der Waals surface area contributed by atoms with Gasteiger partial charge in [0.05, 0.1) is 6.61 Å². The van der Waals surface area contributed by atoms with Crippen LogP contribution in [0, 0.1) is 0 Å². The highest BCUT2D eigenvalue weighted by atomic mass is 16.5. The number of hydrogen-bond acceptors (Lipinski definition) is 2. The van der Waals surface area contributed by atoms with Crippen LogP contribution < -0.4 is 10.5 Å². The molecule has 0 spiro atoms. The molecule has 0 fully saturated rings. The number of aromatic nitrogens is 1. The van der Waals surface area contributed by atoms with Crippen molar-refractivity contribution in [1.82, 2.24) is 4.57 Å². The average Bonchev–Trinajstić information content (AvgIpc) is 2.82. The molecule has 0 radical (unpaired) electrons. The predicted molar refractivity (Wildman–Crippen MR) is 73.8 cm³/mol. The first kappa shape index (κ1) is 12.7. The maximum atomic E-state index is 5.83. The second kappa shape index (κ2) is 6.26. The van der Waals surface area contributed by atoms with Crippen molar-refractivity contribution in [1.29, 1.82) is 0 Å². The van der Waals surface area contributed by atoms with Crippen LogP contribution in [0.5, 0.6) is 5.75 Å². The molecule has 2 rings (SSSR count). The minimum atomic E-state index is 0.343. The summed E-state index contributed by atoms with van der Waals surface area (Å²) in [6, 6.07) is 14.1. The van der Waals surface area contributed by atoms with Gasteiger partial charge in [-0.25, -0.2) is 0 Å². The number of aryl methyl sites for hydroxylation is 1. The number of hydrogen-bond donors (Lipinski definition) is 1. The van der Waals surface area contributed by atoms with Crippen molar-refractivity contribution < 1.29 is 4.74 Å². The standard InChI is InChI=1S/C15H20N2O/c1-17-11-5-8-15(17)13(9-10-16)12-18-14-6-3-2-4-7-14/h2-8,11,13H,9-10,12,16H2,1H3. The van der Waals surface area contributed by atoms with Gasteiger partial charge in [0, 0.05) is 24.9 Å². The van der Waals surface area contributed by atoms with Crippen LogP contribution >= 0.6 is 0 Å². The normalized spacial score (nSPS) is 12.3. The predicted octanol–water partition coefficient (Wildman–Crippen LogP) is 2.54. The van der Waals surface area contributed by atoms with Crippen molar-refractivity contribution in [2.75, 3.05) is 13.2 Å². The number of rotatable bonds is 6. The molecule has 1 heterocycles. The van der Waals surface area contributed by atoms with Crippen LogP contribution in [-0.2, 0) is 7.05 Å². The summed E-state index contributed by atoms with van der Waals surface area (Å²) in [5.41, 5.74) is 6.96. The molecular weight excluding hydrogens is 224 g/mol. The van der Waals surface area contributed by atoms with Crippen LogP contribution in [0.25, 0.3) is 0 Å². The second-order valence-corrected chi connectivity index (χ2v) is 4.44. The highest BCUT2D eigenvalue weighted by molar-refractivity contribution is 5.21. The fourth-order valence-corrected chi connectivity index (χ4v) is 2.13. The second-order valence-electron chi connectivity index (χ2n) is 4.44. The van der Waals surface area contributed by atoms with E-state index >= 15 is 0 Å². The molecule has 96 valence electrons. The van der Waals surface area contributed by atoms with Gasteiger partial charge < -0.3 is 15.0 Å². The van der Waals surface area contributed by atoms with E-state index in [1.54, 1.807) is 0 Å². The Hall–Kier alpha value is -1.74. The van der Waals surface area contributed by atoms with E-state index in [2.05, 4.69) is 29.9 Å². The Morgan fingerprint density at radius 2 is 1.94 bits per heavy atom. The molecule has 0 amide bonds. The molecule has 0 aliphatic rings. The molecule has 0 saturated heterocycles. The number of para-hydroxylation sites is 1. The third kappa shape index (κ3) is 3.14. The molecule has 2 N–H and O–H groups in total. The number of nitrogens with two attached hydrogens (primary N) is 1. The first-order valence-electron chi connectivity index (χ1n) is 6.30. The first-order chi connectivity index (χ1) is 8.81. The van der Waals surface area contributed by atoms with Crippen molar-refractivity contribution in [3.05, 3.63) is 54.4 Å². The summed E-state index contributed by atoms with van der Waals surface area (Å²) in [4.78, 5) is 0. The highest BCUT2D eigenvalue weighted by Crippen LogP contribution is 2.21. The van der Waals surface area contributed by atoms with E-state index in [0.29, 0.717) is 19.1 Å². The molecule has 0 aliphatic heterocycles. The zero-order valence-corrected chi connectivity index (χ0v) is 10.8. The molecule has 1 aromatic heterocycles. The highest BCUT2D eigenvalue weighted by Gasteiger charge is 2.14. The van der Waals surface area contributed by atoms with Crippen molar-refractivity contribution in [3.63, 3.8) is 0 Å². The summed E-state index contributed by atoms with van der Waals surface area (Å²) in [5.74, 6) is 1.25. The van der Waals surface area contributed by atoms with Gasteiger partial charge in [0.1, 0.15) is 5.75 Å². The lowest BCUT2D eigenvalue weighted by Gasteiger charge is -2.18. The molecule has 3 nitrogen and oxygen atoms in total. The smallest absolute Gasteiger partial charge is 0.119 e. The summed E-state index contributed by atoms with van der Waals surface area (Å²) in [6.07, 6.45) is 2.99. The van der Waals surface area contributed by atoms with E-state index in [-0.39, 0.29) is 0 Å². The van der Waals surface area contributed by atoms with Crippen molar-refractivity contribution >= 4 is 0 Å². The van der Waals surface area contributed by atoms with E-state index in [4.69, 9.17) is 10.5 Å². The topological polar surface area (TPSA) is 40.2 Å².